The number of hydrogen-bond acceptors (Lipinski definition) is 3. The van der Waals surface area contributed by atoms with Crippen LogP contribution in [0.5, 0.6) is 0 Å². The quantitative estimate of drug-likeness (QED) is 0.792. The van der Waals surface area contributed by atoms with E-state index in [0.717, 1.165) is 16.5 Å². The number of halogens is 1. The highest BCUT2D eigenvalue weighted by Gasteiger charge is 2.16. The van der Waals surface area contributed by atoms with Gasteiger partial charge in [0.2, 0.25) is 0 Å². The van der Waals surface area contributed by atoms with Crippen LogP contribution < -0.4 is 5.32 Å². The molecular formula is C16H14FN3. The van der Waals surface area contributed by atoms with Crippen LogP contribution in [0.1, 0.15) is 17.2 Å². The third-order valence-electron chi connectivity index (χ3n) is 3.42. The fourth-order valence-corrected chi connectivity index (χ4v) is 2.50. The molecule has 3 nitrogen and oxygen atoms in total. The van der Waals surface area contributed by atoms with E-state index in [1.807, 2.05) is 31.3 Å². The van der Waals surface area contributed by atoms with E-state index in [0.29, 0.717) is 5.39 Å². The van der Waals surface area contributed by atoms with E-state index >= 15 is 0 Å². The first kappa shape index (κ1) is 12.7. The first-order valence-corrected chi connectivity index (χ1v) is 6.40. The Balaban J connectivity index is 2.21. The minimum absolute atomic E-state index is 0.0679. The molecule has 0 spiro atoms. The van der Waals surface area contributed by atoms with Crippen molar-refractivity contribution in [2.75, 3.05) is 7.05 Å². The molecule has 0 bridgehead atoms. The van der Waals surface area contributed by atoms with E-state index in [4.69, 9.17) is 0 Å². The summed E-state index contributed by atoms with van der Waals surface area (Å²) < 4.78 is 13.9. The number of aromatic nitrogens is 2. The lowest BCUT2D eigenvalue weighted by atomic mass is 9.95. The highest BCUT2D eigenvalue weighted by molar-refractivity contribution is 5.87. The molecule has 2 aromatic carbocycles. The van der Waals surface area contributed by atoms with Crippen molar-refractivity contribution in [2.24, 2.45) is 0 Å². The van der Waals surface area contributed by atoms with E-state index in [2.05, 4.69) is 15.3 Å². The van der Waals surface area contributed by atoms with Crippen LogP contribution in [-0.4, -0.2) is 17.0 Å². The van der Waals surface area contributed by atoms with Crippen molar-refractivity contribution in [1.29, 1.82) is 0 Å². The average Bonchev–Trinajstić information content (AvgIpc) is 2.52. The Morgan fingerprint density at radius 2 is 1.70 bits per heavy atom. The first-order chi connectivity index (χ1) is 9.81. The highest BCUT2D eigenvalue weighted by Crippen LogP contribution is 2.29. The standard InChI is InChI=1S/C16H14FN3/c1-18-16(11-8-19-10-20-9-11)14-6-7-15(17)13-5-3-2-4-12(13)14/h2-10,16,18H,1H3. The van der Waals surface area contributed by atoms with Crippen molar-refractivity contribution < 1.29 is 4.39 Å². The number of rotatable bonds is 3. The lowest BCUT2D eigenvalue weighted by Gasteiger charge is -2.18. The molecule has 20 heavy (non-hydrogen) atoms. The monoisotopic (exact) mass is 267 g/mol. The predicted octanol–water partition coefficient (Wildman–Crippen LogP) is 3.08. The van der Waals surface area contributed by atoms with E-state index < -0.39 is 0 Å². The lowest BCUT2D eigenvalue weighted by molar-refractivity contribution is 0.636. The Kier molecular flexibility index (Phi) is 3.39. The fraction of sp³-hybridized carbons (Fsp3) is 0.125. The second-order valence-electron chi connectivity index (χ2n) is 4.58. The van der Waals surface area contributed by atoms with Crippen LogP contribution in [0.3, 0.4) is 0 Å². The Labute approximate surface area is 116 Å². The normalized spacial score (nSPS) is 12.5. The van der Waals surface area contributed by atoms with Gasteiger partial charge in [-0.05, 0) is 24.1 Å². The van der Waals surface area contributed by atoms with Crippen LogP contribution in [0.15, 0.2) is 55.1 Å². The predicted molar refractivity (Wildman–Crippen MR) is 76.8 cm³/mol. The summed E-state index contributed by atoms with van der Waals surface area (Å²) in [7, 11) is 1.87. The molecule has 0 aliphatic rings. The van der Waals surface area contributed by atoms with Gasteiger partial charge >= 0.3 is 0 Å². The number of benzene rings is 2. The topological polar surface area (TPSA) is 37.8 Å². The van der Waals surface area contributed by atoms with Gasteiger partial charge in [-0.2, -0.15) is 0 Å². The summed E-state index contributed by atoms with van der Waals surface area (Å²) in [4.78, 5) is 8.10. The van der Waals surface area contributed by atoms with E-state index in [9.17, 15) is 4.39 Å². The van der Waals surface area contributed by atoms with Gasteiger partial charge in [0.1, 0.15) is 12.1 Å². The van der Waals surface area contributed by atoms with Gasteiger partial charge in [-0.1, -0.05) is 30.3 Å². The summed E-state index contributed by atoms with van der Waals surface area (Å²) in [5.74, 6) is -0.205. The Bertz CT molecular complexity index is 728. The van der Waals surface area contributed by atoms with Crippen LogP contribution in [0.4, 0.5) is 4.39 Å². The maximum Gasteiger partial charge on any atom is 0.131 e. The molecule has 1 heterocycles. The van der Waals surface area contributed by atoms with Crippen LogP contribution in [0, 0.1) is 5.82 Å². The zero-order valence-corrected chi connectivity index (χ0v) is 11.0. The Morgan fingerprint density at radius 1 is 1.00 bits per heavy atom. The second kappa shape index (κ2) is 5.35. The molecular weight excluding hydrogens is 253 g/mol. The molecule has 4 heteroatoms. The smallest absolute Gasteiger partial charge is 0.131 e. The largest absolute Gasteiger partial charge is 0.309 e. The van der Waals surface area contributed by atoms with Gasteiger partial charge in [0.25, 0.3) is 0 Å². The van der Waals surface area contributed by atoms with Gasteiger partial charge in [-0.15, -0.1) is 0 Å². The van der Waals surface area contributed by atoms with Gasteiger partial charge in [-0.3, -0.25) is 0 Å². The molecule has 0 aliphatic carbocycles. The van der Waals surface area contributed by atoms with Gasteiger partial charge in [0, 0.05) is 23.3 Å². The summed E-state index contributed by atoms with van der Waals surface area (Å²) in [6.07, 6.45) is 5.04. The maximum absolute atomic E-state index is 13.9. The Morgan fingerprint density at radius 3 is 2.40 bits per heavy atom. The van der Waals surface area contributed by atoms with Gasteiger partial charge in [-0.25, -0.2) is 14.4 Å². The van der Waals surface area contributed by atoms with Crippen molar-refractivity contribution in [1.82, 2.24) is 15.3 Å². The molecule has 0 aliphatic heterocycles. The van der Waals surface area contributed by atoms with Crippen molar-refractivity contribution in [2.45, 2.75) is 6.04 Å². The molecule has 3 rings (SSSR count). The second-order valence-corrected chi connectivity index (χ2v) is 4.58. The third-order valence-corrected chi connectivity index (χ3v) is 3.42. The van der Waals surface area contributed by atoms with Crippen LogP contribution in [-0.2, 0) is 0 Å². The summed E-state index contributed by atoms with van der Waals surface area (Å²) >= 11 is 0. The summed E-state index contributed by atoms with van der Waals surface area (Å²) in [6.45, 7) is 0. The van der Waals surface area contributed by atoms with Crippen LogP contribution in [0.2, 0.25) is 0 Å². The lowest BCUT2D eigenvalue weighted by Crippen LogP contribution is -2.18. The molecule has 0 saturated heterocycles. The van der Waals surface area contributed by atoms with Crippen molar-refractivity contribution in [3.05, 3.63) is 72.1 Å². The molecule has 0 radical (unpaired) electrons. The third kappa shape index (κ3) is 2.14. The minimum atomic E-state index is -0.205. The molecule has 0 amide bonds. The summed E-state index contributed by atoms with van der Waals surface area (Å²) in [6, 6.07) is 10.7. The molecule has 100 valence electrons. The van der Waals surface area contributed by atoms with Crippen molar-refractivity contribution >= 4 is 10.8 Å². The molecule has 0 fully saturated rings. The van der Waals surface area contributed by atoms with Gasteiger partial charge in [0.05, 0.1) is 6.04 Å². The summed E-state index contributed by atoms with van der Waals surface area (Å²) in [5, 5.41) is 4.77. The fourth-order valence-electron chi connectivity index (χ4n) is 2.50. The molecule has 0 saturated carbocycles. The molecule has 1 atom stereocenters. The van der Waals surface area contributed by atoms with E-state index in [1.165, 1.54) is 12.4 Å². The van der Waals surface area contributed by atoms with E-state index in [1.54, 1.807) is 18.5 Å². The SMILES string of the molecule is CNC(c1cncnc1)c1ccc(F)c2ccccc12. The number of nitrogens with zero attached hydrogens (tertiary/aromatic N) is 2. The molecule has 3 aromatic rings. The number of hydrogen-bond donors (Lipinski definition) is 1. The summed E-state index contributed by atoms with van der Waals surface area (Å²) in [5.41, 5.74) is 1.96. The first-order valence-electron chi connectivity index (χ1n) is 6.40. The Hall–Kier alpha value is -2.33. The zero-order chi connectivity index (χ0) is 13.9. The van der Waals surface area contributed by atoms with Crippen molar-refractivity contribution in [3.63, 3.8) is 0 Å². The van der Waals surface area contributed by atoms with Gasteiger partial charge < -0.3 is 5.32 Å². The molecule has 1 unspecified atom stereocenters. The van der Waals surface area contributed by atoms with Crippen LogP contribution in [0.25, 0.3) is 10.8 Å². The number of fused-ring (bicyclic) bond motifs is 1. The minimum Gasteiger partial charge on any atom is -0.309 e. The highest BCUT2D eigenvalue weighted by atomic mass is 19.1. The van der Waals surface area contributed by atoms with Crippen molar-refractivity contribution in [3.8, 4) is 0 Å². The van der Waals surface area contributed by atoms with Crippen LogP contribution >= 0.6 is 0 Å². The molecule has 1 N–H and O–H groups in total. The number of nitrogens with one attached hydrogen (secondary N) is 1. The molecule has 1 aromatic heterocycles. The van der Waals surface area contributed by atoms with Gasteiger partial charge in [0.15, 0.2) is 0 Å². The zero-order valence-electron chi connectivity index (χ0n) is 11.0. The average molecular weight is 267 g/mol. The van der Waals surface area contributed by atoms with E-state index in [-0.39, 0.29) is 11.9 Å². The maximum atomic E-state index is 13.9.